The van der Waals surface area contributed by atoms with Crippen molar-refractivity contribution in [2.45, 2.75) is 13.8 Å². The van der Waals surface area contributed by atoms with Crippen molar-refractivity contribution in [3.8, 4) is 0 Å². The highest BCUT2D eigenvalue weighted by atomic mass is 16.2. The SMILES string of the molecule is CCN1CCN(c2ccc(NC(=O)c3cccc(C)c3)cn2)C1=O. The van der Waals surface area contributed by atoms with Gasteiger partial charge in [0.15, 0.2) is 0 Å². The number of likely N-dealkylation sites (N-methyl/N-ethyl adjacent to an activating group) is 1. The number of aromatic nitrogens is 1. The predicted molar refractivity (Wildman–Crippen MR) is 93.4 cm³/mol. The van der Waals surface area contributed by atoms with Crippen molar-refractivity contribution in [1.82, 2.24) is 9.88 Å². The van der Waals surface area contributed by atoms with E-state index in [0.717, 1.165) is 5.56 Å². The van der Waals surface area contributed by atoms with Crippen LogP contribution < -0.4 is 10.2 Å². The van der Waals surface area contributed by atoms with Crippen LogP contribution in [0.3, 0.4) is 0 Å². The number of carbonyl (C=O) groups is 2. The third-order valence-corrected chi connectivity index (χ3v) is 4.04. The Bertz CT molecular complexity index is 758. The van der Waals surface area contributed by atoms with Crippen LogP contribution in [-0.4, -0.2) is 41.5 Å². The van der Waals surface area contributed by atoms with Gasteiger partial charge in [0.1, 0.15) is 5.82 Å². The number of rotatable bonds is 4. The summed E-state index contributed by atoms with van der Waals surface area (Å²) in [6, 6.07) is 10.9. The summed E-state index contributed by atoms with van der Waals surface area (Å²) in [6.45, 7) is 5.94. The lowest BCUT2D eigenvalue weighted by Gasteiger charge is -2.16. The van der Waals surface area contributed by atoms with Gasteiger partial charge < -0.3 is 10.2 Å². The van der Waals surface area contributed by atoms with Crippen molar-refractivity contribution < 1.29 is 9.59 Å². The summed E-state index contributed by atoms with van der Waals surface area (Å²) < 4.78 is 0. The summed E-state index contributed by atoms with van der Waals surface area (Å²) in [4.78, 5) is 32.1. The molecule has 1 saturated heterocycles. The Morgan fingerprint density at radius 2 is 2.08 bits per heavy atom. The lowest BCUT2D eigenvalue weighted by atomic mass is 10.1. The maximum atomic E-state index is 12.2. The average molecular weight is 324 g/mol. The van der Waals surface area contributed by atoms with Crippen LogP contribution in [0.5, 0.6) is 0 Å². The molecule has 0 unspecified atom stereocenters. The van der Waals surface area contributed by atoms with E-state index in [1.807, 2.05) is 32.0 Å². The zero-order valence-corrected chi connectivity index (χ0v) is 13.8. The number of benzene rings is 1. The molecular weight excluding hydrogens is 304 g/mol. The molecule has 3 rings (SSSR count). The molecule has 1 aromatic heterocycles. The molecule has 0 bridgehead atoms. The number of carbonyl (C=O) groups excluding carboxylic acids is 2. The summed E-state index contributed by atoms with van der Waals surface area (Å²) in [7, 11) is 0. The second-order valence-corrected chi connectivity index (χ2v) is 5.74. The molecule has 1 aliphatic rings. The van der Waals surface area contributed by atoms with Crippen LogP contribution in [0.1, 0.15) is 22.8 Å². The Morgan fingerprint density at radius 3 is 2.71 bits per heavy atom. The summed E-state index contributed by atoms with van der Waals surface area (Å²) in [5.74, 6) is 0.423. The second kappa shape index (κ2) is 6.70. The fourth-order valence-corrected chi connectivity index (χ4v) is 2.70. The zero-order chi connectivity index (χ0) is 17.1. The Morgan fingerprint density at radius 1 is 1.25 bits per heavy atom. The Balaban J connectivity index is 1.69. The van der Waals surface area contributed by atoms with E-state index in [2.05, 4.69) is 10.3 Å². The number of anilines is 2. The molecular formula is C18H20N4O2. The summed E-state index contributed by atoms with van der Waals surface area (Å²) in [6.07, 6.45) is 1.57. The highest BCUT2D eigenvalue weighted by molar-refractivity contribution is 6.04. The lowest BCUT2D eigenvalue weighted by Crippen LogP contribution is -2.32. The highest BCUT2D eigenvalue weighted by Crippen LogP contribution is 2.19. The first kappa shape index (κ1) is 16.0. The van der Waals surface area contributed by atoms with Crippen molar-refractivity contribution in [1.29, 1.82) is 0 Å². The largest absolute Gasteiger partial charge is 0.325 e. The number of aryl methyl sites for hydroxylation is 1. The van der Waals surface area contributed by atoms with Crippen LogP contribution in [0.4, 0.5) is 16.3 Å². The van der Waals surface area contributed by atoms with E-state index in [0.29, 0.717) is 36.7 Å². The number of hydrogen-bond acceptors (Lipinski definition) is 3. The van der Waals surface area contributed by atoms with Gasteiger partial charge in [0.05, 0.1) is 11.9 Å². The molecule has 6 nitrogen and oxygen atoms in total. The molecule has 1 N–H and O–H groups in total. The first-order chi connectivity index (χ1) is 11.6. The molecule has 0 aliphatic carbocycles. The smallest absolute Gasteiger partial charge is 0.323 e. The van der Waals surface area contributed by atoms with Gasteiger partial charge in [-0.15, -0.1) is 0 Å². The minimum Gasteiger partial charge on any atom is -0.323 e. The number of hydrogen-bond donors (Lipinski definition) is 1. The van der Waals surface area contributed by atoms with Gasteiger partial charge in [-0.2, -0.15) is 0 Å². The molecule has 0 atom stereocenters. The molecule has 0 spiro atoms. The van der Waals surface area contributed by atoms with Gasteiger partial charge in [0, 0.05) is 25.2 Å². The summed E-state index contributed by atoms with van der Waals surface area (Å²) in [5.41, 5.74) is 2.24. The van der Waals surface area contributed by atoms with Crippen molar-refractivity contribution in [3.05, 3.63) is 53.7 Å². The number of amides is 3. The van der Waals surface area contributed by atoms with Crippen molar-refractivity contribution in [2.75, 3.05) is 29.9 Å². The van der Waals surface area contributed by atoms with Gasteiger partial charge in [-0.25, -0.2) is 9.78 Å². The monoisotopic (exact) mass is 324 g/mol. The zero-order valence-electron chi connectivity index (χ0n) is 13.8. The summed E-state index contributed by atoms with van der Waals surface area (Å²) in [5, 5.41) is 2.82. The average Bonchev–Trinajstić information content (AvgIpc) is 2.96. The number of pyridine rings is 1. The molecule has 2 heterocycles. The third-order valence-electron chi connectivity index (χ3n) is 4.04. The molecule has 0 radical (unpaired) electrons. The number of nitrogens with zero attached hydrogens (tertiary/aromatic N) is 3. The van der Waals surface area contributed by atoms with E-state index in [-0.39, 0.29) is 11.9 Å². The van der Waals surface area contributed by atoms with Gasteiger partial charge in [-0.1, -0.05) is 17.7 Å². The maximum absolute atomic E-state index is 12.2. The predicted octanol–water partition coefficient (Wildman–Crippen LogP) is 2.90. The Hall–Kier alpha value is -2.89. The quantitative estimate of drug-likeness (QED) is 0.940. The number of urea groups is 1. The van der Waals surface area contributed by atoms with Crippen LogP contribution in [0.2, 0.25) is 0 Å². The van der Waals surface area contributed by atoms with E-state index in [1.54, 1.807) is 34.2 Å². The Kier molecular flexibility index (Phi) is 4.46. The topological polar surface area (TPSA) is 65.5 Å². The molecule has 1 fully saturated rings. The molecule has 6 heteroatoms. The molecule has 3 amide bonds. The fraction of sp³-hybridized carbons (Fsp3) is 0.278. The number of nitrogens with one attached hydrogen (secondary N) is 1. The molecule has 2 aromatic rings. The molecule has 0 saturated carbocycles. The summed E-state index contributed by atoms with van der Waals surface area (Å²) >= 11 is 0. The highest BCUT2D eigenvalue weighted by Gasteiger charge is 2.28. The van der Waals surface area contributed by atoms with Crippen LogP contribution >= 0.6 is 0 Å². The molecule has 1 aliphatic heterocycles. The third kappa shape index (κ3) is 3.22. The molecule has 124 valence electrons. The van der Waals surface area contributed by atoms with E-state index in [1.165, 1.54) is 0 Å². The van der Waals surface area contributed by atoms with Gasteiger partial charge in [-0.3, -0.25) is 9.69 Å². The van der Waals surface area contributed by atoms with Crippen LogP contribution in [0, 0.1) is 6.92 Å². The van der Waals surface area contributed by atoms with E-state index in [4.69, 9.17) is 0 Å². The maximum Gasteiger partial charge on any atom is 0.325 e. The van der Waals surface area contributed by atoms with Crippen LogP contribution in [-0.2, 0) is 0 Å². The minimum absolute atomic E-state index is 0.0263. The van der Waals surface area contributed by atoms with E-state index < -0.39 is 0 Å². The van der Waals surface area contributed by atoms with Gasteiger partial charge in [-0.05, 0) is 38.1 Å². The first-order valence-electron chi connectivity index (χ1n) is 7.99. The van der Waals surface area contributed by atoms with Crippen molar-refractivity contribution in [3.63, 3.8) is 0 Å². The van der Waals surface area contributed by atoms with Crippen LogP contribution in [0.15, 0.2) is 42.6 Å². The van der Waals surface area contributed by atoms with Gasteiger partial charge in [0.25, 0.3) is 5.91 Å². The standard InChI is InChI=1S/C18H20N4O2/c1-3-21-9-10-22(18(21)24)16-8-7-15(12-19-16)20-17(23)14-6-4-5-13(2)11-14/h4-8,11-12H,3,9-10H2,1-2H3,(H,20,23). The second-order valence-electron chi connectivity index (χ2n) is 5.74. The first-order valence-corrected chi connectivity index (χ1v) is 7.99. The van der Waals surface area contributed by atoms with Crippen molar-refractivity contribution >= 4 is 23.4 Å². The van der Waals surface area contributed by atoms with Gasteiger partial charge in [0.2, 0.25) is 0 Å². The van der Waals surface area contributed by atoms with Crippen LogP contribution in [0.25, 0.3) is 0 Å². The fourth-order valence-electron chi connectivity index (χ4n) is 2.70. The van der Waals surface area contributed by atoms with E-state index >= 15 is 0 Å². The van der Waals surface area contributed by atoms with Gasteiger partial charge >= 0.3 is 6.03 Å². The van der Waals surface area contributed by atoms with Crippen molar-refractivity contribution in [2.24, 2.45) is 0 Å². The Labute approximate surface area is 141 Å². The normalized spacial score (nSPS) is 14.2. The minimum atomic E-state index is -0.178. The van der Waals surface area contributed by atoms with E-state index in [9.17, 15) is 9.59 Å². The lowest BCUT2D eigenvalue weighted by molar-refractivity contribution is 0.102. The molecule has 1 aromatic carbocycles. The molecule has 24 heavy (non-hydrogen) atoms.